The molecule has 0 atom stereocenters. The fraction of sp³-hybridized carbons (Fsp3) is 0.222. The Morgan fingerprint density at radius 2 is 1.85 bits per heavy atom. The lowest BCUT2D eigenvalue weighted by Crippen LogP contribution is -2.37. The van der Waals surface area contributed by atoms with E-state index in [0.29, 0.717) is 24.0 Å². The van der Waals surface area contributed by atoms with Crippen LogP contribution in [0.15, 0.2) is 71.1 Å². The largest absolute Gasteiger partial charge is 0.483 e. The minimum Gasteiger partial charge on any atom is -0.483 e. The van der Waals surface area contributed by atoms with Crippen molar-refractivity contribution in [2.75, 3.05) is 11.9 Å². The van der Waals surface area contributed by atoms with Crippen molar-refractivity contribution < 1.29 is 13.9 Å². The minimum atomic E-state index is -0.325. The van der Waals surface area contributed by atoms with Crippen molar-refractivity contribution in [1.82, 2.24) is 10.3 Å². The first-order valence-corrected chi connectivity index (χ1v) is 11.6. The molecule has 0 spiro atoms. The zero-order valence-corrected chi connectivity index (χ0v) is 20.2. The van der Waals surface area contributed by atoms with E-state index in [1.165, 1.54) is 5.56 Å². The van der Waals surface area contributed by atoms with Gasteiger partial charge in [0.05, 0.1) is 0 Å². The number of fused-ring (bicyclic) bond motifs is 1. The Morgan fingerprint density at radius 3 is 2.59 bits per heavy atom. The summed E-state index contributed by atoms with van der Waals surface area (Å²) in [6.07, 6.45) is 0.587. The Morgan fingerprint density at radius 1 is 1.09 bits per heavy atom. The second kappa shape index (κ2) is 10.5. The predicted octanol–water partition coefficient (Wildman–Crippen LogP) is 5.74. The van der Waals surface area contributed by atoms with E-state index in [1.54, 1.807) is 0 Å². The van der Waals surface area contributed by atoms with E-state index in [1.807, 2.05) is 61.5 Å². The molecule has 4 aromatic rings. The number of hydrogen-bond donors (Lipinski definition) is 2. The van der Waals surface area contributed by atoms with Crippen LogP contribution >= 0.6 is 12.2 Å². The topological polar surface area (TPSA) is 76.4 Å². The van der Waals surface area contributed by atoms with Crippen molar-refractivity contribution in [2.45, 2.75) is 33.1 Å². The van der Waals surface area contributed by atoms with E-state index in [2.05, 4.69) is 41.6 Å². The molecule has 2 N–H and O–H groups in total. The fourth-order valence-electron chi connectivity index (χ4n) is 3.49. The molecule has 7 heteroatoms. The second-order valence-electron chi connectivity index (χ2n) is 8.42. The third kappa shape index (κ3) is 5.99. The quantitative estimate of drug-likeness (QED) is 0.333. The van der Waals surface area contributed by atoms with Crippen LogP contribution in [0.5, 0.6) is 5.75 Å². The van der Waals surface area contributed by atoms with E-state index < -0.39 is 0 Å². The highest BCUT2D eigenvalue weighted by Crippen LogP contribution is 2.23. The number of nitrogens with zero attached hydrogens (tertiary/aromatic N) is 1. The normalized spacial score (nSPS) is 10.9. The highest BCUT2D eigenvalue weighted by molar-refractivity contribution is 7.80. The number of thiocarbonyl (C=S) groups is 1. The van der Waals surface area contributed by atoms with Gasteiger partial charge in [-0.05, 0) is 72.1 Å². The molecule has 1 heterocycles. The van der Waals surface area contributed by atoms with Gasteiger partial charge in [-0.1, -0.05) is 50.2 Å². The van der Waals surface area contributed by atoms with Crippen LogP contribution in [0.1, 0.15) is 42.3 Å². The number of ether oxygens (including phenoxy) is 1. The molecule has 0 saturated carbocycles. The lowest BCUT2D eigenvalue weighted by Gasteiger charge is -2.11. The third-order valence-corrected chi connectivity index (χ3v) is 5.60. The number of nitrogens with one attached hydrogen (secondary N) is 2. The molecular weight excluding hydrogens is 446 g/mol. The maximum Gasteiger partial charge on any atom is 0.264 e. The van der Waals surface area contributed by atoms with Crippen molar-refractivity contribution in [3.8, 4) is 5.75 Å². The average molecular weight is 474 g/mol. The number of benzene rings is 3. The summed E-state index contributed by atoms with van der Waals surface area (Å²) in [5.41, 5.74) is 5.72. The monoisotopic (exact) mass is 473 g/mol. The molecule has 0 unspecified atom stereocenters. The number of carbonyl (C=O) groups excluding carboxylic acids is 1. The highest BCUT2D eigenvalue weighted by atomic mass is 32.1. The van der Waals surface area contributed by atoms with Gasteiger partial charge in [0, 0.05) is 12.1 Å². The number of aryl methyl sites for hydroxylation is 1. The van der Waals surface area contributed by atoms with Gasteiger partial charge in [0.1, 0.15) is 11.3 Å². The van der Waals surface area contributed by atoms with Gasteiger partial charge < -0.3 is 14.5 Å². The Bertz CT molecular complexity index is 1310. The maximum absolute atomic E-state index is 12.1. The number of carbonyl (C=O) groups is 1. The molecular formula is C27H27N3O3S. The summed E-state index contributed by atoms with van der Waals surface area (Å²) in [4.78, 5) is 16.8. The van der Waals surface area contributed by atoms with Gasteiger partial charge in [-0.2, -0.15) is 0 Å². The first kappa shape index (κ1) is 23.4. The van der Waals surface area contributed by atoms with E-state index in [-0.39, 0.29) is 17.6 Å². The van der Waals surface area contributed by atoms with Crippen LogP contribution in [0.4, 0.5) is 5.69 Å². The van der Waals surface area contributed by atoms with Crippen molar-refractivity contribution in [1.29, 1.82) is 0 Å². The summed E-state index contributed by atoms with van der Waals surface area (Å²) in [5.74, 6) is 1.47. The molecule has 1 aromatic heterocycles. The summed E-state index contributed by atoms with van der Waals surface area (Å²) in [6.45, 7) is 6.13. The van der Waals surface area contributed by atoms with Gasteiger partial charge in [0.25, 0.3) is 5.91 Å². The smallest absolute Gasteiger partial charge is 0.264 e. The summed E-state index contributed by atoms with van der Waals surface area (Å²) < 4.78 is 11.4. The predicted molar refractivity (Wildman–Crippen MR) is 138 cm³/mol. The molecule has 0 fully saturated rings. The van der Waals surface area contributed by atoms with Crippen molar-refractivity contribution in [3.05, 3.63) is 89.3 Å². The number of para-hydroxylation sites is 1. The first-order valence-electron chi connectivity index (χ1n) is 11.1. The Balaban J connectivity index is 1.29. The number of anilines is 1. The van der Waals surface area contributed by atoms with Gasteiger partial charge in [0.2, 0.25) is 0 Å². The number of aromatic nitrogens is 1. The lowest BCUT2D eigenvalue weighted by atomic mass is 10.0. The number of rotatable bonds is 7. The van der Waals surface area contributed by atoms with Crippen molar-refractivity contribution in [2.24, 2.45) is 0 Å². The van der Waals surface area contributed by atoms with E-state index in [0.717, 1.165) is 27.9 Å². The molecule has 6 nitrogen and oxygen atoms in total. The van der Waals surface area contributed by atoms with Gasteiger partial charge >= 0.3 is 0 Å². The summed E-state index contributed by atoms with van der Waals surface area (Å²) in [7, 11) is 0. The molecule has 0 radical (unpaired) electrons. The molecule has 0 saturated heterocycles. The van der Waals surface area contributed by atoms with Crippen molar-refractivity contribution >= 4 is 40.0 Å². The van der Waals surface area contributed by atoms with E-state index >= 15 is 0 Å². The Kier molecular flexibility index (Phi) is 7.23. The molecule has 0 aliphatic heterocycles. The zero-order valence-electron chi connectivity index (χ0n) is 19.4. The van der Waals surface area contributed by atoms with Crippen LogP contribution in [0.3, 0.4) is 0 Å². The molecule has 0 aliphatic carbocycles. The van der Waals surface area contributed by atoms with Crippen LogP contribution < -0.4 is 15.4 Å². The van der Waals surface area contributed by atoms with Crippen LogP contribution in [0, 0.1) is 6.92 Å². The lowest BCUT2D eigenvalue weighted by molar-refractivity contribution is -0.121. The third-order valence-electron chi connectivity index (χ3n) is 5.40. The summed E-state index contributed by atoms with van der Waals surface area (Å²) >= 11 is 5.25. The summed E-state index contributed by atoms with van der Waals surface area (Å²) in [6, 6.07) is 21.4. The maximum atomic E-state index is 12.1. The first-order chi connectivity index (χ1) is 16.4. The second-order valence-corrected chi connectivity index (χ2v) is 8.83. The van der Waals surface area contributed by atoms with Crippen LogP contribution in [-0.4, -0.2) is 22.6 Å². The minimum absolute atomic E-state index is 0.116. The summed E-state index contributed by atoms with van der Waals surface area (Å²) in [5, 5.41) is 5.86. The molecule has 1 amide bonds. The zero-order chi connectivity index (χ0) is 24.1. The van der Waals surface area contributed by atoms with Gasteiger partial charge in [0.15, 0.2) is 23.2 Å². The van der Waals surface area contributed by atoms with E-state index in [4.69, 9.17) is 21.4 Å². The van der Waals surface area contributed by atoms with Crippen LogP contribution in [-0.2, 0) is 11.2 Å². The Hall–Kier alpha value is -3.71. The molecule has 174 valence electrons. The van der Waals surface area contributed by atoms with Gasteiger partial charge in [-0.25, -0.2) is 4.98 Å². The fourth-order valence-corrected chi connectivity index (χ4v) is 3.73. The molecule has 4 rings (SSSR count). The number of oxazole rings is 1. The highest BCUT2D eigenvalue weighted by Gasteiger charge is 2.10. The Labute approximate surface area is 204 Å². The number of amides is 1. The SMILES string of the molecule is Cc1ccccc1OCC(=O)NC(=S)Nc1ccc(Cc2nc3cc(C(C)C)ccc3o2)cc1. The number of hydrogen-bond acceptors (Lipinski definition) is 5. The molecule has 3 aromatic carbocycles. The van der Waals surface area contributed by atoms with E-state index in [9.17, 15) is 4.79 Å². The molecule has 34 heavy (non-hydrogen) atoms. The van der Waals surface area contributed by atoms with Gasteiger partial charge in [-0.15, -0.1) is 0 Å². The molecule has 0 aliphatic rings. The average Bonchev–Trinajstić information content (AvgIpc) is 3.21. The molecule has 0 bridgehead atoms. The van der Waals surface area contributed by atoms with Crippen LogP contribution in [0.25, 0.3) is 11.1 Å². The standard InChI is InChI=1S/C27H27N3O3S/c1-17(2)20-10-13-24-22(15-20)29-26(33-24)14-19-8-11-21(12-9-19)28-27(34)30-25(31)16-32-23-7-5-4-6-18(23)3/h4-13,15,17H,14,16H2,1-3H3,(H2,28,30,31,34). The van der Waals surface area contributed by atoms with Crippen molar-refractivity contribution in [3.63, 3.8) is 0 Å². The van der Waals surface area contributed by atoms with Crippen LogP contribution in [0.2, 0.25) is 0 Å². The van der Waals surface area contributed by atoms with Gasteiger partial charge in [-0.3, -0.25) is 10.1 Å².